The first-order valence-electron chi connectivity index (χ1n) is 10.2. The third-order valence-electron chi connectivity index (χ3n) is 5.16. The number of aromatic nitrogens is 3. The van der Waals surface area contributed by atoms with E-state index >= 15 is 0 Å². The normalized spacial score (nSPS) is 15.3. The number of carbonyl (C=O) groups excluding carboxylic acids is 1. The molecule has 0 radical (unpaired) electrons. The number of fused-ring (bicyclic) bond motifs is 1. The van der Waals surface area contributed by atoms with Gasteiger partial charge in [-0.3, -0.25) is 4.79 Å². The number of nitrogens with one attached hydrogen (secondary N) is 2. The monoisotopic (exact) mass is 419 g/mol. The van der Waals surface area contributed by atoms with Crippen molar-refractivity contribution >= 4 is 17.5 Å². The molecule has 0 fully saturated rings. The van der Waals surface area contributed by atoms with Gasteiger partial charge in [-0.2, -0.15) is 10.1 Å². The average Bonchev–Trinajstić information content (AvgIpc) is 3.19. The summed E-state index contributed by atoms with van der Waals surface area (Å²) in [5, 5.41) is 20.0. The summed E-state index contributed by atoms with van der Waals surface area (Å²) in [6.45, 7) is 1.92. The molecule has 8 nitrogen and oxygen atoms in total. The van der Waals surface area contributed by atoms with Crippen molar-refractivity contribution in [3.8, 4) is 5.75 Å². The van der Waals surface area contributed by atoms with Crippen molar-refractivity contribution in [2.45, 2.75) is 25.8 Å². The van der Waals surface area contributed by atoms with Gasteiger partial charge in [-0.1, -0.05) is 36.4 Å². The van der Waals surface area contributed by atoms with Gasteiger partial charge in [0.2, 0.25) is 5.95 Å². The number of ether oxygens (including phenoxy) is 1. The van der Waals surface area contributed by atoms with Gasteiger partial charge in [0.1, 0.15) is 11.8 Å². The number of nitrogens with zero attached hydrogens (tertiary/aromatic N) is 3. The van der Waals surface area contributed by atoms with Crippen LogP contribution >= 0.6 is 0 Å². The molecule has 160 valence electrons. The van der Waals surface area contributed by atoms with E-state index in [0.717, 1.165) is 5.56 Å². The van der Waals surface area contributed by atoms with Gasteiger partial charge in [0.25, 0.3) is 5.91 Å². The van der Waals surface area contributed by atoms with Gasteiger partial charge in [-0.05, 0) is 31.5 Å². The summed E-state index contributed by atoms with van der Waals surface area (Å²) < 4.78 is 7.32. The number of amides is 1. The molecule has 0 bridgehead atoms. The van der Waals surface area contributed by atoms with Crippen LogP contribution in [0.25, 0.3) is 0 Å². The lowest BCUT2D eigenvalue weighted by Crippen LogP contribution is -2.31. The first kappa shape index (κ1) is 20.6. The van der Waals surface area contributed by atoms with Gasteiger partial charge in [-0.25, -0.2) is 4.68 Å². The molecule has 1 atom stereocenters. The molecule has 2 heterocycles. The number of aliphatic hydroxyl groups is 1. The molecule has 3 N–H and O–H groups in total. The average molecular weight is 419 g/mol. The number of hydrogen-bond donors (Lipinski definition) is 3. The fraction of sp³-hybridized carbons (Fsp3) is 0.261. The van der Waals surface area contributed by atoms with Crippen molar-refractivity contribution in [1.82, 2.24) is 14.8 Å². The minimum atomic E-state index is -0.522. The van der Waals surface area contributed by atoms with E-state index in [-0.39, 0.29) is 12.5 Å². The van der Waals surface area contributed by atoms with Crippen LogP contribution in [0, 0.1) is 0 Å². The summed E-state index contributed by atoms with van der Waals surface area (Å²) in [6.07, 6.45) is 1.11. The number of aliphatic hydroxyl groups excluding tert-OH is 1. The fourth-order valence-corrected chi connectivity index (χ4v) is 3.73. The van der Waals surface area contributed by atoms with E-state index in [0.29, 0.717) is 47.3 Å². The van der Waals surface area contributed by atoms with Crippen molar-refractivity contribution in [2.75, 3.05) is 24.4 Å². The SMILES string of the molecule is COc1ccccc1C1C(C(=O)Nc2ccccc2)=C(C)Nc2nc(CCCO)nn21. The van der Waals surface area contributed by atoms with Crippen LogP contribution in [0.1, 0.15) is 30.8 Å². The number of rotatable bonds is 7. The molecular formula is C23H25N5O3. The summed E-state index contributed by atoms with van der Waals surface area (Å²) in [6, 6.07) is 16.4. The highest BCUT2D eigenvalue weighted by Gasteiger charge is 2.35. The lowest BCUT2D eigenvalue weighted by molar-refractivity contribution is -0.113. The van der Waals surface area contributed by atoms with E-state index in [1.165, 1.54) is 0 Å². The minimum absolute atomic E-state index is 0.0647. The van der Waals surface area contributed by atoms with Crippen LogP contribution in [0.4, 0.5) is 11.6 Å². The van der Waals surface area contributed by atoms with Crippen LogP contribution in [0.15, 0.2) is 65.9 Å². The smallest absolute Gasteiger partial charge is 0.255 e. The molecule has 8 heteroatoms. The zero-order valence-corrected chi connectivity index (χ0v) is 17.5. The minimum Gasteiger partial charge on any atom is -0.496 e. The van der Waals surface area contributed by atoms with Gasteiger partial charge in [0, 0.05) is 30.0 Å². The lowest BCUT2D eigenvalue weighted by atomic mass is 9.94. The maximum atomic E-state index is 13.4. The molecule has 31 heavy (non-hydrogen) atoms. The summed E-state index contributed by atoms with van der Waals surface area (Å²) in [4.78, 5) is 18.0. The second-order valence-electron chi connectivity index (χ2n) is 7.25. The predicted octanol–water partition coefficient (Wildman–Crippen LogP) is 3.14. The number of para-hydroxylation sites is 2. The van der Waals surface area contributed by atoms with Gasteiger partial charge in [-0.15, -0.1) is 0 Å². The Kier molecular flexibility index (Phi) is 5.99. The Morgan fingerprint density at radius 1 is 1.19 bits per heavy atom. The molecule has 4 rings (SSSR count). The molecule has 3 aromatic rings. The Hall–Kier alpha value is -3.65. The van der Waals surface area contributed by atoms with Crippen molar-refractivity contribution < 1.29 is 14.6 Å². The Bertz CT molecular complexity index is 1110. The summed E-state index contributed by atoms with van der Waals surface area (Å²) in [7, 11) is 1.61. The largest absolute Gasteiger partial charge is 0.496 e. The Morgan fingerprint density at radius 3 is 2.68 bits per heavy atom. The van der Waals surface area contributed by atoms with E-state index < -0.39 is 6.04 Å². The van der Waals surface area contributed by atoms with E-state index in [4.69, 9.17) is 4.74 Å². The maximum Gasteiger partial charge on any atom is 0.255 e. The van der Waals surface area contributed by atoms with Crippen molar-refractivity contribution in [3.63, 3.8) is 0 Å². The quantitative estimate of drug-likeness (QED) is 0.544. The first-order valence-corrected chi connectivity index (χ1v) is 10.2. The highest BCUT2D eigenvalue weighted by Crippen LogP contribution is 2.39. The van der Waals surface area contributed by atoms with Crippen LogP contribution in [-0.4, -0.2) is 39.5 Å². The first-order chi connectivity index (χ1) is 15.1. The summed E-state index contributed by atoms with van der Waals surface area (Å²) in [5.41, 5.74) is 2.74. The van der Waals surface area contributed by atoms with E-state index in [1.54, 1.807) is 11.8 Å². The van der Waals surface area contributed by atoms with Gasteiger partial charge in [0.15, 0.2) is 5.82 Å². The molecule has 0 saturated heterocycles. The number of methoxy groups -OCH3 is 1. The molecule has 1 amide bonds. The number of anilines is 2. The molecule has 0 spiro atoms. The third-order valence-corrected chi connectivity index (χ3v) is 5.16. The number of hydrogen-bond acceptors (Lipinski definition) is 6. The second-order valence-corrected chi connectivity index (χ2v) is 7.25. The van der Waals surface area contributed by atoms with Crippen LogP contribution in [0.2, 0.25) is 0 Å². The topological polar surface area (TPSA) is 101 Å². The van der Waals surface area contributed by atoms with Crippen molar-refractivity contribution in [3.05, 3.63) is 77.3 Å². The van der Waals surface area contributed by atoms with Crippen molar-refractivity contribution in [1.29, 1.82) is 0 Å². The van der Waals surface area contributed by atoms with Crippen LogP contribution in [0.5, 0.6) is 5.75 Å². The van der Waals surface area contributed by atoms with Crippen molar-refractivity contribution in [2.24, 2.45) is 0 Å². The zero-order valence-electron chi connectivity index (χ0n) is 17.5. The van der Waals surface area contributed by atoms with E-state index in [1.807, 2.05) is 61.5 Å². The molecule has 1 unspecified atom stereocenters. The molecule has 0 aliphatic carbocycles. The second kappa shape index (κ2) is 9.01. The Labute approximate surface area is 180 Å². The Morgan fingerprint density at radius 2 is 1.94 bits per heavy atom. The highest BCUT2D eigenvalue weighted by atomic mass is 16.5. The standard InChI is InChI=1S/C23H25N5O3/c1-15-20(22(30)25-16-9-4-3-5-10-16)21(17-11-6-7-12-18(17)31-2)28-23(24-15)26-19(27-28)13-8-14-29/h3-7,9-12,21,29H,8,13-14H2,1-2H3,(H,25,30)(H,24,26,27). The molecule has 1 aliphatic rings. The van der Waals surface area contributed by atoms with Crippen LogP contribution in [0.3, 0.4) is 0 Å². The van der Waals surface area contributed by atoms with Crippen LogP contribution in [-0.2, 0) is 11.2 Å². The number of allylic oxidation sites excluding steroid dienone is 1. The van der Waals surface area contributed by atoms with Gasteiger partial charge in [0.05, 0.1) is 12.7 Å². The fourth-order valence-electron chi connectivity index (χ4n) is 3.73. The van der Waals surface area contributed by atoms with Crippen LogP contribution < -0.4 is 15.4 Å². The molecule has 1 aromatic heterocycles. The predicted molar refractivity (Wildman–Crippen MR) is 118 cm³/mol. The van der Waals surface area contributed by atoms with E-state index in [2.05, 4.69) is 20.7 Å². The number of benzene rings is 2. The maximum absolute atomic E-state index is 13.4. The molecular weight excluding hydrogens is 394 g/mol. The summed E-state index contributed by atoms with van der Waals surface area (Å²) in [5.74, 6) is 1.59. The zero-order chi connectivity index (χ0) is 21.8. The number of aryl methyl sites for hydroxylation is 1. The molecule has 2 aromatic carbocycles. The lowest BCUT2D eigenvalue weighted by Gasteiger charge is -2.29. The number of carbonyl (C=O) groups is 1. The highest BCUT2D eigenvalue weighted by molar-refractivity contribution is 6.06. The Balaban J connectivity index is 1.80. The summed E-state index contributed by atoms with van der Waals surface area (Å²) >= 11 is 0. The van der Waals surface area contributed by atoms with Gasteiger partial charge >= 0.3 is 0 Å². The van der Waals surface area contributed by atoms with Gasteiger partial charge < -0.3 is 20.5 Å². The van der Waals surface area contributed by atoms with E-state index in [9.17, 15) is 9.90 Å². The molecule has 1 aliphatic heterocycles. The molecule has 0 saturated carbocycles. The third kappa shape index (κ3) is 4.15.